The summed E-state index contributed by atoms with van der Waals surface area (Å²) in [7, 11) is 0. The summed E-state index contributed by atoms with van der Waals surface area (Å²) >= 11 is 5.84. The lowest BCUT2D eigenvalue weighted by molar-refractivity contribution is 0.587. The van der Waals surface area contributed by atoms with E-state index in [0.717, 1.165) is 19.4 Å². The molecule has 0 radical (unpaired) electrons. The molecule has 0 saturated carbocycles. The van der Waals surface area contributed by atoms with Gasteiger partial charge in [-0.3, -0.25) is 0 Å². The fourth-order valence-electron chi connectivity index (χ4n) is 1.92. The molecule has 1 atom stereocenters. The first-order valence-electron chi connectivity index (χ1n) is 5.03. The standard InChI is InChI=1S/C10H13ClFN3/c1-7-9(12)10(14-6-13-7)15-4-2-3-8(15)5-11/h6,8H,2-5H2,1H3. The summed E-state index contributed by atoms with van der Waals surface area (Å²) in [5.41, 5.74) is 0.389. The molecule has 1 unspecified atom stereocenters. The lowest BCUT2D eigenvalue weighted by atomic mass is 10.2. The second-order valence-corrected chi connectivity index (χ2v) is 4.05. The average molecular weight is 230 g/mol. The third-order valence-corrected chi connectivity index (χ3v) is 3.13. The summed E-state index contributed by atoms with van der Waals surface area (Å²) in [5, 5.41) is 0. The molecular weight excluding hydrogens is 217 g/mol. The Kier molecular flexibility index (Phi) is 3.05. The summed E-state index contributed by atoms with van der Waals surface area (Å²) in [5.74, 6) is 0.586. The molecule has 0 aromatic carbocycles. The molecule has 1 aliphatic rings. The summed E-state index contributed by atoms with van der Waals surface area (Å²) in [6, 6.07) is 0.204. The maximum Gasteiger partial charge on any atom is 0.186 e. The molecule has 5 heteroatoms. The van der Waals surface area contributed by atoms with Crippen molar-refractivity contribution in [3.63, 3.8) is 0 Å². The van der Waals surface area contributed by atoms with Gasteiger partial charge in [0.15, 0.2) is 11.6 Å². The maximum atomic E-state index is 13.8. The third-order valence-electron chi connectivity index (χ3n) is 2.77. The van der Waals surface area contributed by atoms with Crippen molar-refractivity contribution in [3.05, 3.63) is 17.8 Å². The summed E-state index contributed by atoms with van der Waals surface area (Å²) < 4.78 is 13.8. The normalized spacial score (nSPS) is 21.0. The lowest BCUT2D eigenvalue weighted by Gasteiger charge is -2.24. The Morgan fingerprint density at radius 2 is 2.40 bits per heavy atom. The van der Waals surface area contributed by atoms with Crippen LogP contribution < -0.4 is 4.90 Å². The summed E-state index contributed by atoms with van der Waals surface area (Å²) in [6.07, 6.45) is 3.45. The highest BCUT2D eigenvalue weighted by atomic mass is 35.5. The van der Waals surface area contributed by atoms with Crippen LogP contribution in [0.3, 0.4) is 0 Å². The SMILES string of the molecule is Cc1ncnc(N2CCCC2CCl)c1F. The highest BCUT2D eigenvalue weighted by molar-refractivity contribution is 6.18. The van der Waals surface area contributed by atoms with Gasteiger partial charge in [0.05, 0.1) is 5.69 Å². The zero-order chi connectivity index (χ0) is 10.8. The minimum atomic E-state index is -0.325. The van der Waals surface area contributed by atoms with Gasteiger partial charge >= 0.3 is 0 Å². The molecule has 0 aliphatic carbocycles. The first-order valence-corrected chi connectivity index (χ1v) is 5.57. The molecule has 0 amide bonds. The van der Waals surface area contributed by atoms with Gasteiger partial charge in [0.1, 0.15) is 6.33 Å². The maximum absolute atomic E-state index is 13.8. The summed E-state index contributed by atoms with van der Waals surface area (Å²) in [4.78, 5) is 9.76. The second kappa shape index (κ2) is 4.31. The average Bonchev–Trinajstić information content (AvgIpc) is 2.70. The molecule has 1 saturated heterocycles. The number of nitrogens with zero attached hydrogens (tertiary/aromatic N) is 3. The number of halogens is 2. The van der Waals surface area contributed by atoms with Gasteiger partial charge in [0.25, 0.3) is 0 Å². The van der Waals surface area contributed by atoms with Crippen molar-refractivity contribution in [1.82, 2.24) is 9.97 Å². The van der Waals surface area contributed by atoms with E-state index in [0.29, 0.717) is 17.4 Å². The molecule has 0 spiro atoms. The number of aromatic nitrogens is 2. The first-order chi connectivity index (χ1) is 7.24. The van der Waals surface area contributed by atoms with E-state index in [1.54, 1.807) is 6.92 Å². The van der Waals surface area contributed by atoms with Crippen molar-refractivity contribution in [3.8, 4) is 0 Å². The van der Waals surface area contributed by atoms with E-state index in [1.807, 2.05) is 4.90 Å². The van der Waals surface area contributed by atoms with Gasteiger partial charge < -0.3 is 4.90 Å². The largest absolute Gasteiger partial charge is 0.350 e. The van der Waals surface area contributed by atoms with Crippen LogP contribution >= 0.6 is 11.6 Å². The van der Waals surface area contributed by atoms with Crippen LogP contribution in [0.25, 0.3) is 0 Å². The zero-order valence-corrected chi connectivity index (χ0v) is 9.34. The lowest BCUT2D eigenvalue weighted by Crippen LogP contribution is -2.32. The Hall–Kier alpha value is -0.900. The van der Waals surface area contributed by atoms with Gasteiger partial charge in [-0.25, -0.2) is 14.4 Å². The quantitative estimate of drug-likeness (QED) is 0.728. The van der Waals surface area contributed by atoms with Crippen LogP contribution in [-0.4, -0.2) is 28.4 Å². The number of anilines is 1. The van der Waals surface area contributed by atoms with Gasteiger partial charge in [-0.05, 0) is 19.8 Å². The van der Waals surface area contributed by atoms with Gasteiger partial charge in [0.2, 0.25) is 0 Å². The van der Waals surface area contributed by atoms with Crippen LogP contribution in [0.4, 0.5) is 10.2 Å². The van der Waals surface area contributed by atoms with Crippen molar-refractivity contribution in [2.45, 2.75) is 25.8 Å². The van der Waals surface area contributed by atoms with Crippen molar-refractivity contribution in [1.29, 1.82) is 0 Å². The molecule has 0 N–H and O–H groups in total. The van der Waals surface area contributed by atoms with Crippen LogP contribution in [0.15, 0.2) is 6.33 Å². The molecule has 82 valence electrons. The van der Waals surface area contributed by atoms with E-state index < -0.39 is 0 Å². The highest BCUT2D eigenvalue weighted by Crippen LogP contribution is 2.27. The van der Waals surface area contributed by atoms with E-state index in [-0.39, 0.29) is 11.9 Å². The number of aryl methyl sites for hydroxylation is 1. The van der Waals surface area contributed by atoms with Crippen LogP contribution in [0.1, 0.15) is 18.5 Å². The number of hydrogen-bond donors (Lipinski definition) is 0. The smallest absolute Gasteiger partial charge is 0.186 e. The van der Waals surface area contributed by atoms with E-state index in [1.165, 1.54) is 6.33 Å². The molecule has 2 rings (SSSR count). The molecule has 1 aromatic rings. The molecule has 1 aromatic heterocycles. The Bertz CT molecular complexity index is 359. The Morgan fingerprint density at radius 1 is 1.60 bits per heavy atom. The van der Waals surface area contributed by atoms with Crippen LogP contribution in [0.5, 0.6) is 0 Å². The minimum absolute atomic E-state index is 0.204. The third kappa shape index (κ3) is 1.91. The van der Waals surface area contributed by atoms with Crippen LogP contribution in [0.2, 0.25) is 0 Å². The van der Waals surface area contributed by atoms with Crippen molar-refractivity contribution < 1.29 is 4.39 Å². The first kappa shape index (κ1) is 10.6. The van der Waals surface area contributed by atoms with Crippen molar-refractivity contribution in [2.75, 3.05) is 17.3 Å². The minimum Gasteiger partial charge on any atom is -0.350 e. The zero-order valence-electron chi connectivity index (χ0n) is 8.58. The predicted octanol–water partition coefficient (Wildman–Crippen LogP) is 2.13. The topological polar surface area (TPSA) is 29.0 Å². The molecule has 2 heterocycles. The van der Waals surface area contributed by atoms with Gasteiger partial charge in [-0.1, -0.05) is 0 Å². The fraction of sp³-hybridized carbons (Fsp3) is 0.600. The van der Waals surface area contributed by atoms with Crippen LogP contribution in [0, 0.1) is 12.7 Å². The molecule has 0 bridgehead atoms. The van der Waals surface area contributed by atoms with E-state index >= 15 is 0 Å². The van der Waals surface area contributed by atoms with E-state index in [2.05, 4.69) is 9.97 Å². The fourth-order valence-corrected chi connectivity index (χ4v) is 2.24. The Labute approximate surface area is 93.3 Å². The van der Waals surface area contributed by atoms with Crippen molar-refractivity contribution >= 4 is 17.4 Å². The monoisotopic (exact) mass is 229 g/mol. The Morgan fingerprint density at radius 3 is 3.13 bits per heavy atom. The van der Waals surface area contributed by atoms with Gasteiger partial charge in [-0.15, -0.1) is 11.6 Å². The highest BCUT2D eigenvalue weighted by Gasteiger charge is 2.27. The molecule has 15 heavy (non-hydrogen) atoms. The van der Waals surface area contributed by atoms with Crippen molar-refractivity contribution in [2.24, 2.45) is 0 Å². The molecule has 3 nitrogen and oxygen atoms in total. The summed E-state index contributed by atoms with van der Waals surface area (Å²) in [6.45, 7) is 2.47. The van der Waals surface area contributed by atoms with E-state index in [9.17, 15) is 4.39 Å². The van der Waals surface area contributed by atoms with Crippen LogP contribution in [-0.2, 0) is 0 Å². The molecule has 1 fully saturated rings. The molecule has 1 aliphatic heterocycles. The Balaban J connectivity index is 2.32. The number of hydrogen-bond acceptors (Lipinski definition) is 3. The molecular formula is C10H13ClFN3. The number of alkyl halides is 1. The number of rotatable bonds is 2. The second-order valence-electron chi connectivity index (χ2n) is 3.74. The predicted molar refractivity (Wildman–Crippen MR) is 57.8 cm³/mol. The van der Waals surface area contributed by atoms with Gasteiger partial charge in [0, 0.05) is 18.5 Å². The van der Waals surface area contributed by atoms with Gasteiger partial charge in [-0.2, -0.15) is 0 Å². The van der Waals surface area contributed by atoms with E-state index in [4.69, 9.17) is 11.6 Å².